The van der Waals surface area contributed by atoms with Crippen LogP contribution in [-0.4, -0.2) is 17.0 Å². The lowest BCUT2D eigenvalue weighted by Gasteiger charge is -2.13. The van der Waals surface area contributed by atoms with Crippen LogP contribution in [0.2, 0.25) is 0 Å². The van der Waals surface area contributed by atoms with Gasteiger partial charge >= 0.3 is 0 Å². The predicted octanol–water partition coefficient (Wildman–Crippen LogP) is 1.62. The molecule has 4 nitrogen and oxygen atoms in total. The number of nitrogens with two attached hydrogens (primary N) is 1. The highest BCUT2D eigenvalue weighted by atomic mass is 32.1. The molecule has 0 aliphatic heterocycles. The Bertz CT molecular complexity index is 441. The second kappa shape index (κ2) is 5.05. The molecule has 0 saturated carbocycles. The third-order valence-electron chi connectivity index (χ3n) is 2.44. The lowest BCUT2D eigenvalue weighted by molar-refractivity contribution is 0.579. The fourth-order valence-corrected chi connectivity index (χ4v) is 2.21. The minimum Gasteiger partial charge on any atom is -0.384 e. The third-order valence-corrected chi connectivity index (χ3v) is 3.05. The van der Waals surface area contributed by atoms with E-state index in [2.05, 4.69) is 20.7 Å². The van der Waals surface area contributed by atoms with E-state index in [-0.39, 0.29) is 6.04 Å². The van der Waals surface area contributed by atoms with Crippen molar-refractivity contribution >= 4 is 17.2 Å². The molecule has 2 aromatic heterocycles. The van der Waals surface area contributed by atoms with Crippen LogP contribution in [0.5, 0.6) is 0 Å². The van der Waals surface area contributed by atoms with E-state index in [4.69, 9.17) is 5.73 Å². The van der Waals surface area contributed by atoms with E-state index in [1.165, 1.54) is 5.56 Å². The molecular weight excluding hydrogens is 220 g/mol. The molecule has 2 aromatic rings. The average molecular weight is 234 g/mol. The van der Waals surface area contributed by atoms with Crippen molar-refractivity contribution in [1.82, 2.24) is 15.3 Å². The van der Waals surface area contributed by atoms with Gasteiger partial charge in [-0.05, 0) is 31.2 Å². The molecule has 0 amide bonds. The summed E-state index contributed by atoms with van der Waals surface area (Å²) in [7, 11) is 1.94. The second-order valence-electron chi connectivity index (χ2n) is 3.55. The first-order chi connectivity index (χ1) is 7.79. The van der Waals surface area contributed by atoms with E-state index in [1.807, 2.05) is 24.7 Å². The maximum Gasteiger partial charge on any atom is 0.123 e. The monoisotopic (exact) mass is 234 g/mol. The maximum absolute atomic E-state index is 5.65. The minimum absolute atomic E-state index is 0.230. The summed E-state index contributed by atoms with van der Waals surface area (Å²) in [4.78, 5) is 8.29. The van der Waals surface area contributed by atoms with Crippen LogP contribution in [0.15, 0.2) is 29.2 Å². The Labute approximate surface area is 98.6 Å². The standard InChI is InChI=1S/C11H14N4S/c1-13-9(10-6-16-7-15-10)4-8-2-3-14-11(12)5-8/h2-3,5-7,9,13H,4H2,1H3,(H2,12,14). The summed E-state index contributed by atoms with van der Waals surface area (Å²) < 4.78 is 0. The number of nitrogens with one attached hydrogen (secondary N) is 1. The fourth-order valence-electron chi connectivity index (χ4n) is 1.61. The smallest absolute Gasteiger partial charge is 0.123 e. The largest absolute Gasteiger partial charge is 0.384 e. The average Bonchev–Trinajstić information content (AvgIpc) is 2.79. The quantitative estimate of drug-likeness (QED) is 0.844. The first-order valence-corrected chi connectivity index (χ1v) is 5.99. The van der Waals surface area contributed by atoms with Crippen molar-refractivity contribution in [2.45, 2.75) is 12.5 Å². The van der Waals surface area contributed by atoms with Crippen molar-refractivity contribution < 1.29 is 0 Å². The molecule has 0 radical (unpaired) electrons. The van der Waals surface area contributed by atoms with Crippen LogP contribution in [0, 0.1) is 0 Å². The second-order valence-corrected chi connectivity index (χ2v) is 4.27. The van der Waals surface area contributed by atoms with Crippen LogP contribution in [-0.2, 0) is 6.42 Å². The number of thiazole rings is 1. The first kappa shape index (κ1) is 11.0. The molecule has 2 rings (SSSR count). The number of hydrogen-bond acceptors (Lipinski definition) is 5. The Hall–Kier alpha value is -1.46. The van der Waals surface area contributed by atoms with Crippen LogP contribution in [0.4, 0.5) is 5.82 Å². The third kappa shape index (κ3) is 2.56. The van der Waals surface area contributed by atoms with E-state index in [0.29, 0.717) is 5.82 Å². The van der Waals surface area contributed by atoms with Gasteiger partial charge in [0.05, 0.1) is 17.2 Å². The molecule has 0 fully saturated rings. The van der Waals surface area contributed by atoms with Gasteiger partial charge in [-0.15, -0.1) is 11.3 Å². The minimum atomic E-state index is 0.230. The van der Waals surface area contributed by atoms with Crippen LogP contribution in [0.1, 0.15) is 17.3 Å². The van der Waals surface area contributed by atoms with E-state index in [9.17, 15) is 0 Å². The van der Waals surface area contributed by atoms with Crippen molar-refractivity contribution in [2.24, 2.45) is 0 Å². The predicted molar refractivity (Wildman–Crippen MR) is 66.3 cm³/mol. The topological polar surface area (TPSA) is 63.8 Å². The lowest BCUT2D eigenvalue weighted by Crippen LogP contribution is -2.19. The Balaban J connectivity index is 2.13. The number of hydrogen-bond donors (Lipinski definition) is 2. The molecule has 0 bridgehead atoms. The molecule has 5 heteroatoms. The Morgan fingerprint density at radius 2 is 2.38 bits per heavy atom. The summed E-state index contributed by atoms with van der Waals surface area (Å²) in [6.07, 6.45) is 2.60. The SMILES string of the molecule is CNC(Cc1ccnc(N)c1)c1cscn1. The van der Waals surface area contributed by atoms with Crippen molar-refractivity contribution in [3.05, 3.63) is 40.5 Å². The number of pyridine rings is 1. The van der Waals surface area contributed by atoms with Crippen LogP contribution in [0.3, 0.4) is 0 Å². The van der Waals surface area contributed by atoms with Crippen LogP contribution in [0.25, 0.3) is 0 Å². The van der Waals surface area contributed by atoms with Crippen molar-refractivity contribution in [2.75, 3.05) is 12.8 Å². The zero-order valence-corrected chi connectivity index (χ0v) is 9.87. The van der Waals surface area contributed by atoms with Gasteiger partial charge in [-0.1, -0.05) is 0 Å². The molecule has 0 aliphatic carbocycles. The zero-order valence-electron chi connectivity index (χ0n) is 9.05. The van der Waals surface area contributed by atoms with Gasteiger partial charge in [-0.25, -0.2) is 9.97 Å². The Morgan fingerprint density at radius 1 is 1.50 bits per heavy atom. The van der Waals surface area contributed by atoms with E-state index in [1.54, 1.807) is 17.5 Å². The normalized spacial score (nSPS) is 12.6. The molecule has 0 aromatic carbocycles. The van der Waals surface area contributed by atoms with Crippen molar-refractivity contribution in [3.63, 3.8) is 0 Å². The van der Waals surface area contributed by atoms with Crippen LogP contribution >= 0.6 is 11.3 Å². The fraction of sp³-hybridized carbons (Fsp3) is 0.273. The number of rotatable bonds is 4. The van der Waals surface area contributed by atoms with Gasteiger partial charge in [0.1, 0.15) is 5.82 Å². The highest BCUT2D eigenvalue weighted by molar-refractivity contribution is 7.07. The van der Waals surface area contributed by atoms with E-state index < -0.39 is 0 Å². The molecule has 1 atom stereocenters. The maximum atomic E-state index is 5.65. The summed E-state index contributed by atoms with van der Waals surface area (Å²) in [5.41, 5.74) is 9.74. The lowest BCUT2D eigenvalue weighted by atomic mass is 10.1. The molecule has 1 unspecified atom stereocenters. The summed E-state index contributed by atoms with van der Waals surface area (Å²) in [6.45, 7) is 0. The summed E-state index contributed by atoms with van der Waals surface area (Å²) in [5, 5.41) is 5.32. The first-order valence-electron chi connectivity index (χ1n) is 5.05. The van der Waals surface area contributed by atoms with Crippen molar-refractivity contribution in [1.29, 1.82) is 0 Å². The molecular formula is C11H14N4S. The Kier molecular flexibility index (Phi) is 3.48. The van der Waals surface area contributed by atoms with Gasteiger partial charge in [0.25, 0.3) is 0 Å². The van der Waals surface area contributed by atoms with Gasteiger partial charge in [-0.2, -0.15) is 0 Å². The van der Waals surface area contributed by atoms with E-state index in [0.717, 1.165) is 12.1 Å². The van der Waals surface area contributed by atoms with Gasteiger partial charge in [0.15, 0.2) is 0 Å². The number of nitrogen functional groups attached to an aromatic ring is 1. The number of anilines is 1. The highest BCUT2D eigenvalue weighted by Gasteiger charge is 2.11. The molecule has 0 aliphatic rings. The molecule has 0 spiro atoms. The Morgan fingerprint density at radius 3 is 3.00 bits per heavy atom. The van der Waals surface area contributed by atoms with E-state index >= 15 is 0 Å². The van der Waals surface area contributed by atoms with Gasteiger partial charge in [-0.3, -0.25) is 0 Å². The molecule has 3 N–H and O–H groups in total. The highest BCUT2D eigenvalue weighted by Crippen LogP contribution is 2.18. The van der Waals surface area contributed by atoms with Gasteiger partial charge < -0.3 is 11.1 Å². The zero-order chi connectivity index (χ0) is 11.4. The van der Waals surface area contributed by atoms with Crippen molar-refractivity contribution in [3.8, 4) is 0 Å². The number of aromatic nitrogens is 2. The van der Waals surface area contributed by atoms with Crippen LogP contribution < -0.4 is 11.1 Å². The molecule has 84 valence electrons. The van der Waals surface area contributed by atoms with Gasteiger partial charge in [0, 0.05) is 11.6 Å². The number of likely N-dealkylation sites (N-methyl/N-ethyl adjacent to an activating group) is 1. The summed E-state index contributed by atoms with van der Waals surface area (Å²) >= 11 is 1.61. The molecule has 16 heavy (non-hydrogen) atoms. The molecule has 0 saturated heterocycles. The summed E-state index contributed by atoms with van der Waals surface area (Å²) in [6, 6.07) is 4.11. The summed E-state index contributed by atoms with van der Waals surface area (Å²) in [5.74, 6) is 0.561. The van der Waals surface area contributed by atoms with Gasteiger partial charge in [0.2, 0.25) is 0 Å². The molecule has 2 heterocycles. The number of nitrogens with zero attached hydrogens (tertiary/aromatic N) is 2.